The zero-order valence-corrected chi connectivity index (χ0v) is 20.6. The molecule has 3 aromatic heterocycles. The molecule has 0 unspecified atom stereocenters. The summed E-state index contributed by atoms with van der Waals surface area (Å²) < 4.78 is 12.7. The number of benzene rings is 1. The molecular formula is C27H26N4O3S. The van der Waals surface area contributed by atoms with Crippen molar-refractivity contribution in [3.63, 3.8) is 0 Å². The zero-order valence-electron chi connectivity index (χ0n) is 19.8. The molecule has 2 atom stereocenters. The fourth-order valence-electron chi connectivity index (χ4n) is 4.86. The fraction of sp³-hybridized carbons (Fsp3) is 0.222. The number of nitrogens with zero attached hydrogens (tertiary/aromatic N) is 3. The summed E-state index contributed by atoms with van der Waals surface area (Å²) in [6.07, 6.45) is 3.47. The van der Waals surface area contributed by atoms with Gasteiger partial charge in [-0.15, -0.1) is 0 Å². The van der Waals surface area contributed by atoms with Gasteiger partial charge in [-0.05, 0) is 80.2 Å². The lowest BCUT2D eigenvalue weighted by Gasteiger charge is -2.27. The Labute approximate surface area is 209 Å². The number of methoxy groups -OCH3 is 1. The van der Waals surface area contributed by atoms with Crippen LogP contribution in [0.15, 0.2) is 77.5 Å². The molecule has 1 N–H and O–H groups in total. The third-order valence-corrected chi connectivity index (χ3v) is 6.77. The molecule has 0 spiro atoms. The summed E-state index contributed by atoms with van der Waals surface area (Å²) in [5.74, 6) is 0.472. The molecule has 5 rings (SSSR count). The van der Waals surface area contributed by atoms with Gasteiger partial charge >= 0.3 is 5.97 Å². The van der Waals surface area contributed by atoms with Crippen LogP contribution < -0.4 is 5.32 Å². The van der Waals surface area contributed by atoms with Gasteiger partial charge in [-0.2, -0.15) is 0 Å². The third-order valence-electron chi connectivity index (χ3n) is 6.42. The standard InChI is InChI=1S/C27H26N4O3S/c1-17-14-22(18(2)31(17)20-9-6-8-19(15-20)26(32)33-3)25-24(23-11-4-5-12-28-23)29-27(35)30(25)16-21-10-7-13-34-21/h4-15,24-25H,16H2,1-3H3,(H,29,35)/t24-,25+/m0/s1. The van der Waals surface area contributed by atoms with E-state index in [0.29, 0.717) is 17.2 Å². The van der Waals surface area contributed by atoms with Crippen molar-refractivity contribution in [2.24, 2.45) is 0 Å². The van der Waals surface area contributed by atoms with Gasteiger partial charge in [0.2, 0.25) is 0 Å². The van der Waals surface area contributed by atoms with Gasteiger partial charge in [-0.3, -0.25) is 4.98 Å². The second kappa shape index (κ2) is 9.38. The van der Waals surface area contributed by atoms with Crippen LogP contribution in [0.2, 0.25) is 0 Å². The summed E-state index contributed by atoms with van der Waals surface area (Å²) >= 11 is 5.79. The van der Waals surface area contributed by atoms with Crippen LogP contribution in [0.5, 0.6) is 0 Å². The second-order valence-corrected chi connectivity index (χ2v) is 8.92. The lowest BCUT2D eigenvalue weighted by atomic mass is 9.96. The van der Waals surface area contributed by atoms with Gasteiger partial charge in [0, 0.05) is 23.3 Å². The minimum Gasteiger partial charge on any atom is -0.467 e. The van der Waals surface area contributed by atoms with Crippen LogP contribution in [0.3, 0.4) is 0 Å². The highest BCUT2D eigenvalue weighted by Crippen LogP contribution is 2.42. The molecule has 35 heavy (non-hydrogen) atoms. The number of aryl methyl sites for hydroxylation is 1. The van der Waals surface area contributed by atoms with Crippen molar-refractivity contribution < 1.29 is 13.9 Å². The molecule has 8 heteroatoms. The van der Waals surface area contributed by atoms with E-state index in [-0.39, 0.29) is 18.1 Å². The third kappa shape index (κ3) is 4.21. The van der Waals surface area contributed by atoms with Crippen LogP contribution in [0.1, 0.15) is 50.8 Å². The van der Waals surface area contributed by atoms with Gasteiger partial charge in [-0.1, -0.05) is 12.1 Å². The molecule has 1 aliphatic heterocycles. The van der Waals surface area contributed by atoms with E-state index in [1.807, 2.05) is 48.5 Å². The Bertz CT molecular complexity index is 1360. The zero-order chi connectivity index (χ0) is 24.5. The minimum atomic E-state index is -0.361. The summed E-state index contributed by atoms with van der Waals surface area (Å²) in [5.41, 5.74) is 5.56. The molecule has 1 saturated heterocycles. The first-order valence-corrected chi connectivity index (χ1v) is 11.8. The average Bonchev–Trinajstić information content (AvgIpc) is 3.58. The van der Waals surface area contributed by atoms with Crippen LogP contribution in [-0.4, -0.2) is 32.6 Å². The summed E-state index contributed by atoms with van der Waals surface area (Å²) in [4.78, 5) is 18.9. The first-order chi connectivity index (χ1) is 17.0. The van der Waals surface area contributed by atoms with E-state index in [2.05, 4.69) is 39.7 Å². The van der Waals surface area contributed by atoms with Crippen LogP contribution in [0, 0.1) is 13.8 Å². The number of hydrogen-bond donors (Lipinski definition) is 1. The minimum absolute atomic E-state index is 0.105. The second-order valence-electron chi connectivity index (χ2n) is 8.54. The highest BCUT2D eigenvalue weighted by molar-refractivity contribution is 7.80. The molecular weight excluding hydrogens is 460 g/mol. The Balaban J connectivity index is 1.61. The number of nitrogens with one attached hydrogen (secondary N) is 1. The first kappa shape index (κ1) is 22.9. The van der Waals surface area contributed by atoms with E-state index in [4.69, 9.17) is 21.4 Å². The number of thiocarbonyl (C=S) groups is 1. The topological polar surface area (TPSA) is 72.5 Å². The van der Waals surface area contributed by atoms with E-state index in [1.54, 1.807) is 18.5 Å². The molecule has 0 bridgehead atoms. The van der Waals surface area contributed by atoms with Crippen molar-refractivity contribution in [2.45, 2.75) is 32.5 Å². The van der Waals surface area contributed by atoms with Gasteiger partial charge in [0.15, 0.2) is 5.11 Å². The quantitative estimate of drug-likeness (QED) is 0.302. The maximum Gasteiger partial charge on any atom is 0.337 e. The predicted molar refractivity (Wildman–Crippen MR) is 136 cm³/mol. The van der Waals surface area contributed by atoms with Crippen LogP contribution >= 0.6 is 12.2 Å². The number of rotatable bonds is 6. The Morgan fingerprint density at radius 2 is 2.00 bits per heavy atom. The van der Waals surface area contributed by atoms with E-state index in [0.717, 1.165) is 34.1 Å². The summed E-state index contributed by atoms with van der Waals surface area (Å²) in [6.45, 7) is 4.69. The number of ether oxygens (including phenoxy) is 1. The lowest BCUT2D eigenvalue weighted by molar-refractivity contribution is 0.0600. The molecule has 0 aliphatic carbocycles. The van der Waals surface area contributed by atoms with Crippen molar-refractivity contribution in [2.75, 3.05) is 7.11 Å². The fourth-order valence-corrected chi connectivity index (χ4v) is 5.16. The number of aromatic nitrogens is 2. The summed E-state index contributed by atoms with van der Waals surface area (Å²) in [7, 11) is 1.39. The van der Waals surface area contributed by atoms with Gasteiger partial charge in [0.1, 0.15) is 5.76 Å². The lowest BCUT2D eigenvalue weighted by Crippen LogP contribution is -2.29. The maximum atomic E-state index is 12.1. The van der Waals surface area contributed by atoms with Crippen LogP contribution in [-0.2, 0) is 11.3 Å². The molecule has 7 nitrogen and oxygen atoms in total. The molecule has 4 aromatic rings. The van der Waals surface area contributed by atoms with Crippen molar-refractivity contribution in [1.29, 1.82) is 0 Å². The average molecular weight is 487 g/mol. The van der Waals surface area contributed by atoms with Crippen molar-refractivity contribution >= 4 is 23.3 Å². The molecule has 0 radical (unpaired) electrons. The molecule has 1 aromatic carbocycles. The molecule has 0 saturated carbocycles. The van der Waals surface area contributed by atoms with Gasteiger partial charge in [-0.25, -0.2) is 4.79 Å². The van der Waals surface area contributed by atoms with Crippen molar-refractivity contribution in [1.82, 2.24) is 19.8 Å². The molecule has 1 fully saturated rings. The van der Waals surface area contributed by atoms with E-state index in [1.165, 1.54) is 7.11 Å². The monoisotopic (exact) mass is 486 g/mol. The molecule has 4 heterocycles. The molecule has 1 aliphatic rings. The maximum absolute atomic E-state index is 12.1. The number of pyridine rings is 1. The Hall–Kier alpha value is -3.91. The highest BCUT2D eigenvalue weighted by Gasteiger charge is 2.41. The first-order valence-electron chi connectivity index (χ1n) is 11.4. The Kier molecular flexibility index (Phi) is 6.13. The van der Waals surface area contributed by atoms with Crippen molar-refractivity contribution in [3.8, 4) is 5.69 Å². The van der Waals surface area contributed by atoms with Gasteiger partial charge in [0.25, 0.3) is 0 Å². The van der Waals surface area contributed by atoms with Crippen LogP contribution in [0.25, 0.3) is 5.69 Å². The predicted octanol–water partition coefficient (Wildman–Crippen LogP) is 5.04. The highest BCUT2D eigenvalue weighted by atomic mass is 32.1. The molecule has 178 valence electrons. The summed E-state index contributed by atoms with van der Waals surface area (Å²) in [5, 5.41) is 4.14. The largest absolute Gasteiger partial charge is 0.467 e. The molecule has 0 amide bonds. The van der Waals surface area contributed by atoms with E-state index >= 15 is 0 Å². The van der Waals surface area contributed by atoms with Crippen LogP contribution in [0.4, 0.5) is 0 Å². The van der Waals surface area contributed by atoms with E-state index in [9.17, 15) is 4.79 Å². The number of esters is 1. The SMILES string of the molecule is COC(=O)c1cccc(-n2c(C)cc([C@@H]3[C@H](c4ccccn4)NC(=S)N3Cc3ccco3)c2C)c1. The number of furan rings is 1. The Morgan fingerprint density at radius 1 is 1.14 bits per heavy atom. The smallest absolute Gasteiger partial charge is 0.337 e. The Morgan fingerprint density at radius 3 is 2.71 bits per heavy atom. The summed E-state index contributed by atoms with van der Waals surface area (Å²) in [6, 6.07) is 19.2. The van der Waals surface area contributed by atoms with Crippen molar-refractivity contribution in [3.05, 3.63) is 107 Å². The van der Waals surface area contributed by atoms with Gasteiger partial charge in [0.05, 0.1) is 43.3 Å². The number of hydrogen-bond acceptors (Lipinski definition) is 5. The van der Waals surface area contributed by atoms with E-state index < -0.39 is 0 Å². The number of carbonyl (C=O) groups excluding carboxylic acids is 1. The van der Waals surface area contributed by atoms with Gasteiger partial charge < -0.3 is 23.9 Å². The normalized spacial score (nSPS) is 17.5. The number of carbonyl (C=O) groups is 1.